The highest BCUT2D eigenvalue weighted by molar-refractivity contribution is 5.79. The van der Waals surface area contributed by atoms with Crippen LogP contribution in [0.5, 0.6) is 0 Å². The Morgan fingerprint density at radius 3 is 2.20 bits per heavy atom. The monoisotopic (exact) mass is 365 g/mol. The van der Waals surface area contributed by atoms with Crippen molar-refractivity contribution in [3.8, 4) is 0 Å². The second-order valence-electron chi connectivity index (χ2n) is 6.74. The summed E-state index contributed by atoms with van der Waals surface area (Å²) >= 11 is 0. The maximum Gasteiger partial charge on any atom is 0.401 e. The molecular weight excluding hydrogens is 331 g/mol. The number of nitrogens with zero attached hydrogens (tertiary/aromatic N) is 3. The van der Waals surface area contributed by atoms with Crippen LogP contribution in [0.3, 0.4) is 0 Å². The van der Waals surface area contributed by atoms with Crippen LogP contribution >= 0.6 is 0 Å². The molecule has 0 unspecified atom stereocenters. The lowest BCUT2D eigenvalue weighted by Gasteiger charge is -2.20. The Balaban J connectivity index is 2.06. The van der Waals surface area contributed by atoms with E-state index < -0.39 is 12.7 Å². The van der Waals surface area contributed by atoms with E-state index in [0.29, 0.717) is 25.5 Å². The summed E-state index contributed by atoms with van der Waals surface area (Å²) in [5.41, 5.74) is 0. The molecule has 1 aliphatic heterocycles. The molecule has 2 N–H and O–H groups in total. The first kappa shape index (κ1) is 22.0. The minimum absolute atomic E-state index is 0.401. The smallest absolute Gasteiger partial charge is 0.356 e. The summed E-state index contributed by atoms with van der Waals surface area (Å²) in [7, 11) is 3.20. The van der Waals surface area contributed by atoms with Gasteiger partial charge in [-0.05, 0) is 58.9 Å². The lowest BCUT2D eigenvalue weighted by atomic mass is 10.2. The second kappa shape index (κ2) is 12.4. The molecule has 1 aliphatic rings. The molecule has 0 atom stereocenters. The fraction of sp³-hybridized carbons (Fsp3) is 0.941. The SMILES string of the molecule is CN=C(NCCCN(C)CC(F)(F)F)NCCCN1CCCCCC1. The maximum absolute atomic E-state index is 12.2. The summed E-state index contributed by atoms with van der Waals surface area (Å²) < 4.78 is 36.7. The van der Waals surface area contributed by atoms with E-state index in [9.17, 15) is 13.2 Å². The molecule has 0 aromatic carbocycles. The summed E-state index contributed by atoms with van der Waals surface area (Å²) in [5.74, 6) is 0.717. The van der Waals surface area contributed by atoms with Crippen molar-refractivity contribution in [1.82, 2.24) is 20.4 Å². The Kier molecular flexibility index (Phi) is 10.9. The number of rotatable bonds is 9. The molecule has 0 aromatic rings. The van der Waals surface area contributed by atoms with Crippen LogP contribution in [0.1, 0.15) is 38.5 Å². The summed E-state index contributed by atoms with van der Waals surface area (Å²) in [6.45, 7) is 4.51. The molecule has 5 nitrogen and oxygen atoms in total. The van der Waals surface area contributed by atoms with Gasteiger partial charge in [-0.3, -0.25) is 9.89 Å². The molecule has 1 heterocycles. The third kappa shape index (κ3) is 12.0. The number of likely N-dealkylation sites (tertiary alicyclic amines) is 1. The second-order valence-corrected chi connectivity index (χ2v) is 6.74. The van der Waals surface area contributed by atoms with Gasteiger partial charge < -0.3 is 15.5 Å². The number of alkyl halides is 3. The van der Waals surface area contributed by atoms with Crippen LogP contribution in [-0.2, 0) is 0 Å². The summed E-state index contributed by atoms with van der Waals surface area (Å²) in [4.78, 5) is 7.97. The zero-order chi connectivity index (χ0) is 18.5. The molecule has 25 heavy (non-hydrogen) atoms. The number of hydrogen-bond acceptors (Lipinski definition) is 3. The Morgan fingerprint density at radius 1 is 1.04 bits per heavy atom. The van der Waals surface area contributed by atoms with Crippen molar-refractivity contribution >= 4 is 5.96 Å². The van der Waals surface area contributed by atoms with Crippen molar-refractivity contribution < 1.29 is 13.2 Å². The molecule has 0 aliphatic carbocycles. The van der Waals surface area contributed by atoms with Crippen molar-refractivity contribution in [3.05, 3.63) is 0 Å². The minimum Gasteiger partial charge on any atom is -0.356 e. The molecule has 0 bridgehead atoms. The first-order valence-corrected chi connectivity index (χ1v) is 9.33. The molecular formula is C17H34F3N5. The molecule has 0 spiro atoms. The van der Waals surface area contributed by atoms with Gasteiger partial charge in [0.05, 0.1) is 6.54 Å². The van der Waals surface area contributed by atoms with Gasteiger partial charge in [0.15, 0.2) is 5.96 Å². The minimum atomic E-state index is -4.13. The Bertz CT molecular complexity index is 366. The fourth-order valence-corrected chi connectivity index (χ4v) is 3.03. The molecule has 0 radical (unpaired) electrons. The molecule has 0 saturated carbocycles. The van der Waals surface area contributed by atoms with Crippen molar-refractivity contribution in [3.63, 3.8) is 0 Å². The Morgan fingerprint density at radius 2 is 1.64 bits per heavy atom. The zero-order valence-electron chi connectivity index (χ0n) is 15.7. The average Bonchev–Trinajstić information content (AvgIpc) is 2.80. The quantitative estimate of drug-likeness (QED) is 0.374. The normalized spacial score (nSPS) is 17.6. The van der Waals surface area contributed by atoms with Gasteiger partial charge in [-0.1, -0.05) is 12.8 Å². The molecule has 0 amide bonds. The number of guanidine groups is 1. The van der Waals surface area contributed by atoms with Crippen LogP contribution in [-0.4, -0.2) is 81.8 Å². The average molecular weight is 365 g/mol. The van der Waals surface area contributed by atoms with Crippen molar-refractivity contribution in [1.29, 1.82) is 0 Å². The third-order valence-electron chi connectivity index (χ3n) is 4.32. The first-order valence-electron chi connectivity index (χ1n) is 9.33. The first-order chi connectivity index (χ1) is 11.9. The highest BCUT2D eigenvalue weighted by Crippen LogP contribution is 2.15. The third-order valence-corrected chi connectivity index (χ3v) is 4.32. The molecule has 1 rings (SSSR count). The molecule has 1 fully saturated rings. The zero-order valence-corrected chi connectivity index (χ0v) is 15.7. The fourth-order valence-electron chi connectivity index (χ4n) is 3.03. The molecule has 0 aromatic heterocycles. The highest BCUT2D eigenvalue weighted by Gasteiger charge is 2.28. The van der Waals surface area contributed by atoms with E-state index in [2.05, 4.69) is 20.5 Å². The Hall–Kier alpha value is -1.02. The summed E-state index contributed by atoms with van der Waals surface area (Å²) in [6, 6.07) is 0. The lowest BCUT2D eigenvalue weighted by Crippen LogP contribution is -2.40. The van der Waals surface area contributed by atoms with Crippen LogP contribution in [0.2, 0.25) is 0 Å². The van der Waals surface area contributed by atoms with E-state index in [1.807, 2.05) is 0 Å². The van der Waals surface area contributed by atoms with Gasteiger partial charge in [0.1, 0.15) is 0 Å². The predicted molar refractivity (Wildman–Crippen MR) is 97.1 cm³/mol. The van der Waals surface area contributed by atoms with E-state index >= 15 is 0 Å². The van der Waals surface area contributed by atoms with E-state index in [-0.39, 0.29) is 0 Å². The van der Waals surface area contributed by atoms with Crippen molar-refractivity contribution in [2.24, 2.45) is 4.99 Å². The van der Waals surface area contributed by atoms with E-state index in [0.717, 1.165) is 19.5 Å². The number of aliphatic imine (C=N–C) groups is 1. The maximum atomic E-state index is 12.2. The highest BCUT2D eigenvalue weighted by atomic mass is 19.4. The van der Waals surface area contributed by atoms with Crippen LogP contribution < -0.4 is 10.6 Å². The van der Waals surface area contributed by atoms with Gasteiger partial charge in [0, 0.05) is 20.1 Å². The van der Waals surface area contributed by atoms with Crippen LogP contribution in [0.15, 0.2) is 4.99 Å². The molecule has 8 heteroatoms. The van der Waals surface area contributed by atoms with Gasteiger partial charge >= 0.3 is 6.18 Å². The number of hydrogen-bond donors (Lipinski definition) is 2. The molecule has 148 valence electrons. The number of nitrogens with one attached hydrogen (secondary N) is 2. The number of halogens is 3. The topological polar surface area (TPSA) is 42.9 Å². The van der Waals surface area contributed by atoms with Crippen molar-refractivity contribution in [2.45, 2.75) is 44.7 Å². The van der Waals surface area contributed by atoms with E-state index in [4.69, 9.17) is 0 Å². The lowest BCUT2D eigenvalue weighted by molar-refractivity contribution is -0.143. The standard InChI is InChI=1S/C17H34F3N5/c1-21-16(22-9-7-11-24(2)15-17(18,19)20)23-10-8-14-25-12-5-3-4-6-13-25/h3-15H2,1-2H3,(H2,21,22,23). The van der Waals surface area contributed by atoms with E-state index in [1.165, 1.54) is 50.7 Å². The van der Waals surface area contributed by atoms with Crippen LogP contribution in [0.4, 0.5) is 13.2 Å². The molecule has 1 saturated heterocycles. The van der Waals surface area contributed by atoms with E-state index in [1.54, 1.807) is 7.05 Å². The van der Waals surface area contributed by atoms with Gasteiger partial charge in [0.25, 0.3) is 0 Å². The van der Waals surface area contributed by atoms with Crippen LogP contribution in [0, 0.1) is 0 Å². The summed E-state index contributed by atoms with van der Waals surface area (Å²) in [5, 5.41) is 6.42. The van der Waals surface area contributed by atoms with Gasteiger partial charge in [0.2, 0.25) is 0 Å². The van der Waals surface area contributed by atoms with Gasteiger partial charge in [-0.25, -0.2) is 0 Å². The van der Waals surface area contributed by atoms with Crippen LogP contribution in [0.25, 0.3) is 0 Å². The Labute approximate surface area is 150 Å². The summed E-state index contributed by atoms with van der Waals surface area (Å²) in [6.07, 6.45) is 2.88. The predicted octanol–water partition coefficient (Wildman–Crippen LogP) is 2.30. The largest absolute Gasteiger partial charge is 0.401 e. The van der Waals surface area contributed by atoms with Gasteiger partial charge in [-0.15, -0.1) is 0 Å². The van der Waals surface area contributed by atoms with Crippen molar-refractivity contribution in [2.75, 3.05) is 59.9 Å². The van der Waals surface area contributed by atoms with Gasteiger partial charge in [-0.2, -0.15) is 13.2 Å².